The summed E-state index contributed by atoms with van der Waals surface area (Å²) in [5, 5.41) is 0. The van der Waals surface area contributed by atoms with Crippen LogP contribution in [0.4, 0.5) is 21.5 Å². The zero-order chi connectivity index (χ0) is 44.4. The van der Waals surface area contributed by atoms with E-state index < -0.39 is 0 Å². The number of rotatable bonds is 17. The number of aromatic amines is 3. The third-order valence-corrected chi connectivity index (χ3v) is 9.95. The third kappa shape index (κ3) is 14.6. The van der Waals surface area contributed by atoms with Crippen molar-refractivity contribution in [3.8, 4) is 11.5 Å². The van der Waals surface area contributed by atoms with Crippen LogP contribution in [0.25, 0.3) is 0 Å². The van der Waals surface area contributed by atoms with Crippen molar-refractivity contribution in [2.24, 2.45) is 0 Å². The summed E-state index contributed by atoms with van der Waals surface area (Å²) in [6, 6.07) is 33.0. The van der Waals surface area contributed by atoms with Crippen LogP contribution in [0, 0.1) is 12.7 Å². The first-order chi connectivity index (χ1) is 29.9. The van der Waals surface area contributed by atoms with E-state index in [0.717, 1.165) is 65.3 Å². The lowest BCUT2D eigenvalue weighted by Gasteiger charge is -2.29. The van der Waals surface area contributed by atoms with E-state index in [2.05, 4.69) is 123 Å². The van der Waals surface area contributed by atoms with Gasteiger partial charge in [0.05, 0.1) is 61.8 Å². The van der Waals surface area contributed by atoms with Gasteiger partial charge < -0.3 is 39.1 Å². The van der Waals surface area contributed by atoms with Gasteiger partial charge in [0.1, 0.15) is 23.9 Å². The van der Waals surface area contributed by atoms with Crippen LogP contribution in [0.5, 0.6) is 11.5 Å². The molecule has 0 saturated carbocycles. The second-order valence-corrected chi connectivity index (χ2v) is 16.3. The number of imidazole rings is 3. The van der Waals surface area contributed by atoms with Gasteiger partial charge in [-0.3, -0.25) is 0 Å². The Morgan fingerprint density at radius 3 is 1.40 bits per heavy atom. The average molecular weight is 842 g/mol. The molecule has 0 fully saturated rings. The summed E-state index contributed by atoms with van der Waals surface area (Å²) in [5.41, 5.74) is 8.42. The Morgan fingerprint density at radius 2 is 0.984 bits per heavy atom. The first kappa shape index (κ1) is 46.5. The Hall–Kier alpha value is -6.56. The van der Waals surface area contributed by atoms with Crippen molar-refractivity contribution in [3.05, 3.63) is 169 Å². The molecule has 11 nitrogen and oxygen atoms in total. The van der Waals surface area contributed by atoms with E-state index in [-0.39, 0.29) is 11.9 Å². The third-order valence-electron chi connectivity index (χ3n) is 9.95. The van der Waals surface area contributed by atoms with Crippen LogP contribution in [0.15, 0.2) is 135 Å². The molecule has 4 aromatic carbocycles. The van der Waals surface area contributed by atoms with Gasteiger partial charge in [-0.05, 0) is 116 Å². The number of hydrogen-bond donors (Lipinski definition) is 3. The minimum absolute atomic E-state index is 0.163. The molecular weight excluding hydrogens is 778 g/mol. The van der Waals surface area contributed by atoms with Crippen molar-refractivity contribution < 1.29 is 13.9 Å². The zero-order valence-corrected chi connectivity index (χ0v) is 37.7. The Balaban J connectivity index is 0.000000178. The normalized spacial score (nSPS) is 10.9. The van der Waals surface area contributed by atoms with Crippen LogP contribution in [-0.2, 0) is 26.2 Å². The number of benzene rings is 4. The lowest BCUT2D eigenvalue weighted by Crippen LogP contribution is -2.30. The molecule has 0 aliphatic carbocycles. The van der Waals surface area contributed by atoms with Crippen molar-refractivity contribution >= 4 is 17.1 Å². The number of hydrogen-bond acceptors (Lipinski definition) is 8. The van der Waals surface area contributed by atoms with Crippen molar-refractivity contribution in [1.29, 1.82) is 0 Å². The minimum Gasteiger partial charge on any atom is -0.491 e. The van der Waals surface area contributed by atoms with E-state index in [1.807, 2.05) is 87.0 Å². The van der Waals surface area contributed by atoms with Crippen LogP contribution in [0.1, 0.15) is 83.6 Å². The number of aryl methyl sites for hydroxylation is 1. The fraction of sp³-hybridized carbons (Fsp3) is 0.340. The molecule has 0 spiro atoms. The number of aromatic nitrogens is 6. The van der Waals surface area contributed by atoms with Gasteiger partial charge in [-0.1, -0.05) is 42.5 Å². The molecule has 3 aromatic heterocycles. The molecule has 0 unspecified atom stereocenters. The number of anilines is 3. The molecular formula is C50H64FN9O2. The lowest BCUT2D eigenvalue weighted by molar-refractivity contribution is 0.242. The van der Waals surface area contributed by atoms with Crippen LogP contribution in [-0.4, -0.2) is 54.1 Å². The molecule has 0 aliphatic rings. The molecule has 0 radical (unpaired) electrons. The molecule has 7 rings (SSSR count). The Morgan fingerprint density at radius 1 is 0.532 bits per heavy atom. The van der Waals surface area contributed by atoms with Crippen LogP contribution < -0.4 is 24.2 Å². The van der Waals surface area contributed by atoms with Crippen molar-refractivity contribution in [2.75, 3.05) is 14.7 Å². The highest BCUT2D eigenvalue weighted by Crippen LogP contribution is 2.27. The van der Waals surface area contributed by atoms with E-state index in [0.29, 0.717) is 30.3 Å². The van der Waals surface area contributed by atoms with Gasteiger partial charge in [-0.25, -0.2) is 19.3 Å². The summed E-state index contributed by atoms with van der Waals surface area (Å²) in [6.07, 6.45) is 10.8. The molecule has 3 heterocycles. The predicted octanol–water partition coefficient (Wildman–Crippen LogP) is 11.3. The van der Waals surface area contributed by atoms with Crippen molar-refractivity contribution in [2.45, 2.75) is 113 Å². The summed E-state index contributed by atoms with van der Waals surface area (Å²) < 4.78 is 25.0. The summed E-state index contributed by atoms with van der Waals surface area (Å²) >= 11 is 0. The molecule has 12 heteroatoms. The van der Waals surface area contributed by atoms with Crippen LogP contribution >= 0.6 is 0 Å². The molecule has 62 heavy (non-hydrogen) atoms. The summed E-state index contributed by atoms with van der Waals surface area (Å²) in [6.45, 7) is 21.8. The average Bonchev–Trinajstić information content (AvgIpc) is 4.08. The largest absolute Gasteiger partial charge is 0.491 e. The zero-order valence-electron chi connectivity index (χ0n) is 37.7. The van der Waals surface area contributed by atoms with Gasteiger partial charge in [0.15, 0.2) is 0 Å². The molecule has 7 aromatic rings. The fourth-order valence-electron chi connectivity index (χ4n) is 6.69. The van der Waals surface area contributed by atoms with E-state index in [9.17, 15) is 4.39 Å². The van der Waals surface area contributed by atoms with E-state index in [1.165, 1.54) is 11.6 Å². The standard InChI is InChI=1S/C20H23N3O.C16H23N3O.C14H18FN3/c1-16(2)23(13-18-12-21-15-22-18)19-9-6-10-20(11-19)24-14-17-7-4-3-5-8-17;1-12(2)19(10-14-9-17-11-18-14)15-6-5-7-16(8-15)20-13(3)4;1-10(2)18(8-12-7-16-9-17-12)13-4-5-14(15)11(3)6-13/h3-12,15-16H,13-14H2,1-2H3,(H,21,22);5-9,11-13H,10H2,1-4H3,(H,17,18);4-7,9-10H,8H2,1-3H3,(H,16,17). The predicted molar refractivity (Wildman–Crippen MR) is 250 cm³/mol. The number of nitrogens with zero attached hydrogens (tertiary/aromatic N) is 6. The summed E-state index contributed by atoms with van der Waals surface area (Å²) in [7, 11) is 0. The van der Waals surface area contributed by atoms with Gasteiger partial charge in [-0.15, -0.1) is 0 Å². The highest BCUT2D eigenvalue weighted by atomic mass is 19.1. The van der Waals surface area contributed by atoms with Gasteiger partial charge in [-0.2, -0.15) is 0 Å². The monoisotopic (exact) mass is 842 g/mol. The number of H-pyrrole nitrogens is 3. The SMILES string of the molecule is CC(C)N(Cc1cnc[nH]1)c1cccc(OCc2ccccc2)c1.CC(C)Oc1cccc(N(Cc2cnc[nH]2)C(C)C)c1.Cc1cc(N(Cc2cnc[nH]2)C(C)C)ccc1F. The first-order valence-electron chi connectivity index (χ1n) is 21.4. The highest BCUT2D eigenvalue weighted by molar-refractivity contribution is 5.53. The van der Waals surface area contributed by atoms with Crippen molar-refractivity contribution in [1.82, 2.24) is 29.9 Å². The van der Waals surface area contributed by atoms with Gasteiger partial charge in [0.2, 0.25) is 0 Å². The van der Waals surface area contributed by atoms with E-state index in [4.69, 9.17) is 9.47 Å². The maximum Gasteiger partial charge on any atom is 0.126 e. The number of ether oxygens (including phenoxy) is 2. The topological polar surface area (TPSA) is 114 Å². The number of nitrogens with one attached hydrogen (secondary N) is 3. The second kappa shape index (κ2) is 23.4. The first-order valence-corrected chi connectivity index (χ1v) is 21.4. The van der Waals surface area contributed by atoms with Crippen LogP contribution in [0.3, 0.4) is 0 Å². The van der Waals surface area contributed by atoms with Crippen LogP contribution in [0.2, 0.25) is 0 Å². The Bertz CT molecular complexity index is 2280. The second-order valence-electron chi connectivity index (χ2n) is 16.3. The van der Waals surface area contributed by atoms with Gasteiger partial charge >= 0.3 is 0 Å². The molecule has 0 atom stereocenters. The maximum absolute atomic E-state index is 13.3. The molecule has 0 bridgehead atoms. The molecule has 328 valence electrons. The van der Waals surface area contributed by atoms with E-state index >= 15 is 0 Å². The lowest BCUT2D eigenvalue weighted by atomic mass is 10.1. The summed E-state index contributed by atoms with van der Waals surface area (Å²) in [5.74, 6) is 1.63. The minimum atomic E-state index is -0.163. The maximum atomic E-state index is 13.3. The molecule has 0 amide bonds. The number of halogens is 1. The van der Waals surface area contributed by atoms with Crippen molar-refractivity contribution in [3.63, 3.8) is 0 Å². The Labute approximate surface area is 367 Å². The Kier molecular flexibility index (Phi) is 17.6. The van der Waals surface area contributed by atoms with E-state index in [1.54, 1.807) is 25.9 Å². The quantitative estimate of drug-likeness (QED) is 0.0831. The molecule has 3 N–H and O–H groups in total. The molecule has 0 aliphatic heterocycles. The smallest absolute Gasteiger partial charge is 0.126 e. The highest BCUT2D eigenvalue weighted by Gasteiger charge is 2.16. The molecule has 0 saturated heterocycles. The fourth-order valence-corrected chi connectivity index (χ4v) is 6.69. The van der Waals surface area contributed by atoms with Gasteiger partial charge in [0, 0.05) is 65.9 Å². The summed E-state index contributed by atoms with van der Waals surface area (Å²) in [4.78, 5) is 28.5. The van der Waals surface area contributed by atoms with Gasteiger partial charge in [0.25, 0.3) is 0 Å².